The van der Waals surface area contributed by atoms with Gasteiger partial charge < -0.3 is 14.4 Å². The Morgan fingerprint density at radius 1 is 0.600 bits per heavy atom. The average molecular weight is 368 g/mol. The van der Waals surface area contributed by atoms with Crippen molar-refractivity contribution in [2.45, 2.75) is 101 Å². The number of carbonyl (C=O) groups excluding carboxylic acids is 3. The largest absolute Gasteiger partial charge is 0.303 e. The molecule has 0 spiro atoms. The van der Waals surface area contributed by atoms with E-state index in [1.165, 1.54) is 57.8 Å². The maximum atomic E-state index is 10.5. The van der Waals surface area contributed by atoms with E-state index < -0.39 is 0 Å². The second kappa shape index (κ2) is 13.6. The van der Waals surface area contributed by atoms with Crippen molar-refractivity contribution in [1.82, 2.24) is 0 Å². The van der Waals surface area contributed by atoms with Gasteiger partial charge in [0.1, 0.15) is 18.9 Å². The molecule has 0 aromatic heterocycles. The topological polar surface area (TPSA) is 51.2 Å². The highest BCUT2D eigenvalue weighted by Crippen LogP contribution is 2.33. The molecule has 3 rings (SSSR count). The minimum Gasteiger partial charge on any atom is -0.303 e. The van der Waals surface area contributed by atoms with Gasteiger partial charge in [-0.15, -0.1) is 9.24 Å². The second-order valence-corrected chi connectivity index (χ2v) is 9.13. The summed E-state index contributed by atoms with van der Waals surface area (Å²) in [6.45, 7) is 0. The first-order valence-corrected chi connectivity index (χ1v) is 10.9. The number of hydrogen-bond acceptors (Lipinski definition) is 3. The predicted molar refractivity (Wildman–Crippen MR) is 107 cm³/mol. The maximum Gasteiger partial charge on any atom is 0.129 e. The van der Waals surface area contributed by atoms with Crippen LogP contribution in [0.1, 0.15) is 96.3 Å². The first-order chi connectivity index (χ1) is 12.1. The zero-order chi connectivity index (χ0) is 18.4. The molecular formula is C21H37O3P. The molecule has 0 aromatic rings. The fourth-order valence-corrected chi connectivity index (χ4v) is 4.28. The van der Waals surface area contributed by atoms with Gasteiger partial charge in [0, 0.05) is 17.0 Å². The van der Waals surface area contributed by atoms with Crippen molar-refractivity contribution in [3.63, 3.8) is 0 Å². The monoisotopic (exact) mass is 368 g/mol. The SMILES string of the molecule is O=CC1(P)CCCCC1.O=CC1CCCCC1.O=CC1CCCCC1. The molecule has 0 saturated heterocycles. The van der Waals surface area contributed by atoms with Crippen LogP contribution in [0.4, 0.5) is 0 Å². The van der Waals surface area contributed by atoms with Crippen molar-refractivity contribution in [3.8, 4) is 0 Å². The van der Waals surface area contributed by atoms with Crippen molar-refractivity contribution in [2.24, 2.45) is 11.8 Å². The van der Waals surface area contributed by atoms with Crippen molar-refractivity contribution in [2.75, 3.05) is 0 Å². The lowest BCUT2D eigenvalue weighted by atomic mass is 9.89. The number of aldehydes is 3. The number of rotatable bonds is 3. The molecule has 3 nitrogen and oxygen atoms in total. The van der Waals surface area contributed by atoms with Crippen LogP contribution in [0.2, 0.25) is 0 Å². The summed E-state index contributed by atoms with van der Waals surface area (Å²) in [7, 11) is 2.67. The van der Waals surface area contributed by atoms with E-state index in [4.69, 9.17) is 0 Å². The normalized spacial score (nSPS) is 23.9. The van der Waals surface area contributed by atoms with Crippen molar-refractivity contribution < 1.29 is 14.4 Å². The van der Waals surface area contributed by atoms with E-state index in [-0.39, 0.29) is 5.16 Å². The minimum absolute atomic E-state index is 0.0434. The molecule has 0 heterocycles. The maximum absolute atomic E-state index is 10.5. The molecule has 4 heteroatoms. The summed E-state index contributed by atoms with van der Waals surface area (Å²) >= 11 is 0. The zero-order valence-electron chi connectivity index (χ0n) is 15.8. The molecule has 3 saturated carbocycles. The fourth-order valence-electron chi connectivity index (χ4n) is 3.87. The van der Waals surface area contributed by atoms with E-state index in [0.29, 0.717) is 11.8 Å². The lowest BCUT2D eigenvalue weighted by molar-refractivity contribution is -0.112. The fraction of sp³-hybridized carbons (Fsp3) is 0.857. The third-order valence-electron chi connectivity index (χ3n) is 5.70. The number of hydrogen-bond donors (Lipinski definition) is 0. The Hall–Kier alpha value is -0.560. The molecule has 3 aliphatic carbocycles. The van der Waals surface area contributed by atoms with Crippen LogP contribution in [-0.2, 0) is 14.4 Å². The lowest BCUT2D eigenvalue weighted by Gasteiger charge is -2.26. The molecule has 0 bridgehead atoms. The first kappa shape index (κ1) is 22.5. The molecule has 0 aliphatic heterocycles. The Morgan fingerprint density at radius 2 is 0.960 bits per heavy atom. The summed E-state index contributed by atoms with van der Waals surface area (Å²) in [6.07, 6.45) is 21.5. The van der Waals surface area contributed by atoms with E-state index in [2.05, 4.69) is 9.24 Å². The standard InChI is InChI=1S/C7H13OP.2C7H12O/c8-6-7(9)4-2-1-3-5-7;2*8-6-7-4-2-1-3-5-7/h6H,1-5,9H2;2*6-7H,1-5H2. The van der Waals surface area contributed by atoms with Crippen LogP contribution in [0.5, 0.6) is 0 Å². The molecule has 1 unspecified atom stereocenters. The highest BCUT2D eigenvalue weighted by Gasteiger charge is 2.25. The Labute approximate surface area is 156 Å². The van der Waals surface area contributed by atoms with Gasteiger partial charge in [0.25, 0.3) is 0 Å². The molecule has 0 aromatic carbocycles. The third-order valence-corrected chi connectivity index (χ3v) is 6.42. The van der Waals surface area contributed by atoms with Crippen LogP contribution in [0.15, 0.2) is 0 Å². The molecule has 0 radical (unpaired) electrons. The van der Waals surface area contributed by atoms with Crippen molar-refractivity contribution in [3.05, 3.63) is 0 Å². The lowest BCUT2D eigenvalue weighted by Crippen LogP contribution is -2.25. The highest BCUT2D eigenvalue weighted by molar-refractivity contribution is 7.20. The zero-order valence-corrected chi connectivity index (χ0v) is 17.0. The Kier molecular flexibility index (Phi) is 12.2. The van der Waals surface area contributed by atoms with E-state index in [9.17, 15) is 14.4 Å². The Bertz CT molecular complexity index is 343. The van der Waals surface area contributed by atoms with E-state index in [1.807, 2.05) is 0 Å². The number of carbonyl (C=O) groups is 3. The van der Waals surface area contributed by atoms with Crippen LogP contribution in [0.25, 0.3) is 0 Å². The molecule has 0 N–H and O–H groups in total. The van der Waals surface area contributed by atoms with Gasteiger partial charge >= 0.3 is 0 Å². The van der Waals surface area contributed by atoms with Gasteiger partial charge in [-0.3, -0.25) is 0 Å². The third kappa shape index (κ3) is 10.2. The van der Waals surface area contributed by atoms with Crippen molar-refractivity contribution >= 4 is 28.1 Å². The van der Waals surface area contributed by atoms with Crippen LogP contribution in [-0.4, -0.2) is 24.0 Å². The van der Waals surface area contributed by atoms with Crippen molar-refractivity contribution in [1.29, 1.82) is 0 Å². The van der Waals surface area contributed by atoms with Gasteiger partial charge in [0.2, 0.25) is 0 Å². The first-order valence-electron chi connectivity index (χ1n) is 10.3. The van der Waals surface area contributed by atoms with E-state index >= 15 is 0 Å². The molecule has 144 valence electrons. The summed E-state index contributed by atoms with van der Waals surface area (Å²) in [5.74, 6) is 0.812. The van der Waals surface area contributed by atoms with Gasteiger partial charge in [-0.2, -0.15) is 0 Å². The van der Waals surface area contributed by atoms with Gasteiger partial charge in [-0.05, 0) is 38.5 Å². The highest BCUT2D eigenvalue weighted by atomic mass is 31.0. The van der Waals surface area contributed by atoms with Gasteiger partial charge in [0.15, 0.2) is 0 Å². The molecule has 3 fully saturated rings. The van der Waals surface area contributed by atoms with Crippen LogP contribution < -0.4 is 0 Å². The Balaban J connectivity index is 0.000000188. The molecular weight excluding hydrogens is 331 g/mol. The van der Waals surface area contributed by atoms with Gasteiger partial charge in [-0.25, -0.2) is 0 Å². The summed E-state index contributed by atoms with van der Waals surface area (Å²) in [4.78, 5) is 30.8. The summed E-state index contributed by atoms with van der Waals surface area (Å²) < 4.78 is 0. The van der Waals surface area contributed by atoms with Crippen LogP contribution in [0.3, 0.4) is 0 Å². The van der Waals surface area contributed by atoms with Gasteiger partial charge in [0.05, 0.1) is 0 Å². The molecule has 3 aliphatic rings. The summed E-state index contributed by atoms with van der Waals surface area (Å²) in [5, 5.41) is -0.0434. The smallest absolute Gasteiger partial charge is 0.129 e. The predicted octanol–water partition coefficient (Wildman–Crippen LogP) is 5.29. The average Bonchev–Trinajstić information content (AvgIpc) is 2.71. The quantitative estimate of drug-likeness (QED) is 0.502. The second-order valence-electron chi connectivity index (χ2n) is 7.98. The molecule has 1 atom stereocenters. The molecule has 25 heavy (non-hydrogen) atoms. The Morgan fingerprint density at radius 3 is 1.20 bits per heavy atom. The van der Waals surface area contributed by atoms with E-state index in [1.54, 1.807) is 0 Å². The van der Waals surface area contributed by atoms with Crippen LogP contribution >= 0.6 is 9.24 Å². The summed E-state index contributed by atoms with van der Waals surface area (Å²) in [6, 6.07) is 0. The molecule has 0 amide bonds. The van der Waals surface area contributed by atoms with Crippen LogP contribution in [0, 0.1) is 11.8 Å². The van der Waals surface area contributed by atoms with Gasteiger partial charge in [-0.1, -0.05) is 57.8 Å². The summed E-state index contributed by atoms with van der Waals surface area (Å²) in [5.41, 5.74) is 0. The minimum atomic E-state index is -0.0434. The van der Waals surface area contributed by atoms with E-state index in [0.717, 1.165) is 57.4 Å².